The molecule has 0 atom stereocenters. The lowest BCUT2D eigenvalue weighted by Gasteiger charge is -2.21. The Morgan fingerprint density at radius 2 is 1.63 bits per heavy atom. The molecule has 1 aromatic carbocycles. The summed E-state index contributed by atoms with van der Waals surface area (Å²) in [6.45, 7) is 6.13. The molecule has 0 N–H and O–H groups in total. The van der Waals surface area contributed by atoms with Crippen molar-refractivity contribution in [3.8, 4) is 0 Å². The maximum Gasteiger partial charge on any atom is 0.150 e. The van der Waals surface area contributed by atoms with Gasteiger partial charge in [0.15, 0.2) is 5.78 Å². The molecule has 0 saturated heterocycles. The van der Waals surface area contributed by atoms with Gasteiger partial charge in [-0.2, -0.15) is 0 Å². The average molecular weight is 258 g/mol. The van der Waals surface area contributed by atoms with Gasteiger partial charge in [0.2, 0.25) is 0 Å². The van der Waals surface area contributed by atoms with Gasteiger partial charge in [0.1, 0.15) is 5.78 Å². The highest BCUT2D eigenvalue weighted by Gasteiger charge is 2.55. The van der Waals surface area contributed by atoms with Crippen LogP contribution in [0.15, 0.2) is 30.3 Å². The third-order valence-electron chi connectivity index (χ3n) is 3.72. The van der Waals surface area contributed by atoms with Crippen LogP contribution >= 0.6 is 0 Å². The SMILES string of the molecule is CC(C)(C)CC(=O)C1(C(=O)Cc2ccccc2)CC1. The summed E-state index contributed by atoms with van der Waals surface area (Å²) in [6.07, 6.45) is 2.37. The molecule has 2 nitrogen and oxygen atoms in total. The molecule has 1 aromatic rings. The van der Waals surface area contributed by atoms with Crippen molar-refractivity contribution in [1.82, 2.24) is 0 Å². The third-order valence-corrected chi connectivity index (χ3v) is 3.72. The molecule has 2 rings (SSSR count). The molecular formula is C17H22O2. The van der Waals surface area contributed by atoms with Gasteiger partial charge in [-0.3, -0.25) is 9.59 Å². The third kappa shape index (κ3) is 3.31. The van der Waals surface area contributed by atoms with Crippen LogP contribution in [0.4, 0.5) is 0 Å². The first kappa shape index (κ1) is 14.0. The van der Waals surface area contributed by atoms with Crippen LogP contribution in [0.3, 0.4) is 0 Å². The predicted octanol–water partition coefficient (Wildman–Crippen LogP) is 3.58. The Hall–Kier alpha value is -1.44. The van der Waals surface area contributed by atoms with E-state index in [1.165, 1.54) is 0 Å². The van der Waals surface area contributed by atoms with Crippen molar-refractivity contribution >= 4 is 11.6 Å². The molecule has 1 aliphatic carbocycles. The van der Waals surface area contributed by atoms with E-state index in [0.29, 0.717) is 12.8 Å². The van der Waals surface area contributed by atoms with Crippen molar-refractivity contribution < 1.29 is 9.59 Å². The molecule has 19 heavy (non-hydrogen) atoms. The summed E-state index contributed by atoms with van der Waals surface area (Å²) in [5.74, 6) is 0.244. The van der Waals surface area contributed by atoms with Crippen molar-refractivity contribution in [3.63, 3.8) is 0 Å². The van der Waals surface area contributed by atoms with E-state index in [0.717, 1.165) is 18.4 Å². The summed E-state index contributed by atoms with van der Waals surface area (Å²) < 4.78 is 0. The molecule has 0 bridgehead atoms. The number of rotatable bonds is 5. The zero-order valence-electron chi connectivity index (χ0n) is 12.0. The summed E-state index contributed by atoms with van der Waals surface area (Å²) >= 11 is 0. The van der Waals surface area contributed by atoms with Gasteiger partial charge in [-0.05, 0) is 23.8 Å². The zero-order valence-corrected chi connectivity index (χ0v) is 12.0. The lowest BCUT2D eigenvalue weighted by atomic mass is 9.81. The number of ketones is 2. The van der Waals surface area contributed by atoms with Crippen molar-refractivity contribution in [3.05, 3.63) is 35.9 Å². The lowest BCUT2D eigenvalue weighted by Crippen LogP contribution is -2.30. The second kappa shape index (κ2) is 4.92. The number of benzene rings is 1. The van der Waals surface area contributed by atoms with Crippen LogP contribution in [0, 0.1) is 10.8 Å². The highest BCUT2D eigenvalue weighted by Crippen LogP contribution is 2.50. The topological polar surface area (TPSA) is 34.1 Å². The van der Waals surface area contributed by atoms with E-state index < -0.39 is 5.41 Å². The van der Waals surface area contributed by atoms with Crippen molar-refractivity contribution in [2.24, 2.45) is 10.8 Å². The molecule has 1 fully saturated rings. The van der Waals surface area contributed by atoms with Gasteiger partial charge in [-0.15, -0.1) is 0 Å². The van der Waals surface area contributed by atoms with Gasteiger partial charge in [-0.1, -0.05) is 51.1 Å². The predicted molar refractivity (Wildman–Crippen MR) is 75.9 cm³/mol. The Kier molecular flexibility index (Phi) is 3.62. The molecule has 0 heterocycles. The van der Waals surface area contributed by atoms with Gasteiger partial charge in [-0.25, -0.2) is 0 Å². The van der Waals surface area contributed by atoms with Crippen molar-refractivity contribution in [2.45, 2.75) is 46.5 Å². The van der Waals surface area contributed by atoms with Gasteiger partial charge in [0.05, 0.1) is 5.41 Å². The van der Waals surface area contributed by atoms with Crippen LogP contribution in [0.2, 0.25) is 0 Å². The van der Waals surface area contributed by atoms with E-state index in [9.17, 15) is 9.59 Å². The molecule has 1 aliphatic rings. The van der Waals surface area contributed by atoms with Crippen molar-refractivity contribution in [1.29, 1.82) is 0 Å². The maximum atomic E-state index is 12.4. The molecule has 0 spiro atoms. The normalized spacial score (nSPS) is 17.0. The number of carbonyl (C=O) groups is 2. The fourth-order valence-corrected chi connectivity index (χ4v) is 2.44. The Labute approximate surface area is 115 Å². The summed E-state index contributed by atoms with van der Waals surface area (Å²) in [5, 5.41) is 0. The smallest absolute Gasteiger partial charge is 0.150 e. The van der Waals surface area contributed by atoms with E-state index in [1.807, 2.05) is 51.1 Å². The number of hydrogen-bond acceptors (Lipinski definition) is 2. The van der Waals surface area contributed by atoms with Gasteiger partial charge in [0.25, 0.3) is 0 Å². The Morgan fingerprint density at radius 1 is 1.05 bits per heavy atom. The van der Waals surface area contributed by atoms with Gasteiger partial charge in [0, 0.05) is 12.8 Å². The first-order valence-corrected chi connectivity index (χ1v) is 6.94. The molecule has 0 radical (unpaired) electrons. The Morgan fingerprint density at radius 3 is 2.11 bits per heavy atom. The van der Waals surface area contributed by atoms with Crippen LogP contribution in [0.5, 0.6) is 0 Å². The quantitative estimate of drug-likeness (QED) is 0.756. The van der Waals surface area contributed by atoms with E-state index in [1.54, 1.807) is 0 Å². The molecule has 2 heteroatoms. The minimum absolute atomic E-state index is 0.0420. The van der Waals surface area contributed by atoms with Crippen LogP contribution < -0.4 is 0 Å². The van der Waals surface area contributed by atoms with Crippen LogP contribution in [-0.4, -0.2) is 11.6 Å². The van der Waals surface area contributed by atoms with Crippen LogP contribution in [-0.2, 0) is 16.0 Å². The first-order valence-electron chi connectivity index (χ1n) is 6.94. The van der Waals surface area contributed by atoms with Gasteiger partial charge >= 0.3 is 0 Å². The lowest BCUT2D eigenvalue weighted by molar-refractivity contribution is -0.135. The summed E-state index contributed by atoms with van der Waals surface area (Å²) in [7, 11) is 0. The molecule has 1 saturated carbocycles. The summed E-state index contributed by atoms with van der Waals surface area (Å²) in [6, 6.07) is 9.69. The van der Waals surface area contributed by atoms with E-state index in [-0.39, 0.29) is 17.0 Å². The first-order chi connectivity index (χ1) is 8.83. The summed E-state index contributed by atoms with van der Waals surface area (Å²) in [5.41, 5.74) is 0.311. The molecule has 0 unspecified atom stereocenters. The maximum absolute atomic E-state index is 12.4. The zero-order chi connectivity index (χ0) is 14.1. The largest absolute Gasteiger partial charge is 0.299 e. The van der Waals surface area contributed by atoms with E-state index in [2.05, 4.69) is 0 Å². The monoisotopic (exact) mass is 258 g/mol. The highest BCUT2D eigenvalue weighted by molar-refractivity contribution is 6.10. The van der Waals surface area contributed by atoms with E-state index >= 15 is 0 Å². The second-order valence-corrected chi connectivity index (χ2v) is 6.83. The molecular weight excluding hydrogens is 236 g/mol. The van der Waals surface area contributed by atoms with Crippen molar-refractivity contribution in [2.75, 3.05) is 0 Å². The molecule has 102 valence electrons. The highest BCUT2D eigenvalue weighted by atomic mass is 16.2. The fraction of sp³-hybridized carbons (Fsp3) is 0.529. The number of carbonyl (C=O) groups excluding carboxylic acids is 2. The second-order valence-electron chi connectivity index (χ2n) is 6.83. The molecule has 0 aliphatic heterocycles. The van der Waals surface area contributed by atoms with Crippen LogP contribution in [0.25, 0.3) is 0 Å². The molecule has 0 amide bonds. The number of Topliss-reactive ketones (excluding diaryl/α,β-unsaturated/α-hetero) is 2. The minimum Gasteiger partial charge on any atom is -0.299 e. The minimum atomic E-state index is -0.650. The standard InChI is InChI=1S/C17H22O2/c1-16(2,3)12-15(19)17(9-10-17)14(18)11-13-7-5-4-6-8-13/h4-8H,9-12H2,1-3H3. The van der Waals surface area contributed by atoms with Gasteiger partial charge < -0.3 is 0 Å². The molecule has 0 aromatic heterocycles. The van der Waals surface area contributed by atoms with E-state index in [4.69, 9.17) is 0 Å². The Bertz CT molecular complexity index is 476. The fourth-order valence-electron chi connectivity index (χ4n) is 2.44. The Balaban J connectivity index is 2.04. The number of hydrogen-bond donors (Lipinski definition) is 0. The van der Waals surface area contributed by atoms with Crippen LogP contribution in [0.1, 0.15) is 45.6 Å². The summed E-state index contributed by atoms with van der Waals surface area (Å²) in [4.78, 5) is 24.8. The average Bonchev–Trinajstić information content (AvgIpc) is 3.09.